The van der Waals surface area contributed by atoms with Crippen LogP contribution in [-0.2, 0) is 14.8 Å². The van der Waals surface area contributed by atoms with E-state index in [9.17, 15) is 13.2 Å². The predicted octanol–water partition coefficient (Wildman–Crippen LogP) is 4.32. The van der Waals surface area contributed by atoms with Crippen LogP contribution in [0.1, 0.15) is 40.7 Å². The monoisotopic (exact) mass is 439 g/mol. The van der Waals surface area contributed by atoms with Crippen LogP contribution < -0.4 is 4.72 Å². The predicted molar refractivity (Wildman–Crippen MR) is 109 cm³/mol. The third kappa shape index (κ3) is 3.73. The van der Waals surface area contributed by atoms with Gasteiger partial charge in [-0.2, -0.15) is 0 Å². The van der Waals surface area contributed by atoms with E-state index >= 15 is 0 Å². The topological polar surface area (TPSA) is 72.5 Å². The van der Waals surface area contributed by atoms with Crippen molar-refractivity contribution in [2.24, 2.45) is 11.8 Å². The summed E-state index contributed by atoms with van der Waals surface area (Å²) in [4.78, 5) is 12.6. The summed E-state index contributed by atoms with van der Waals surface area (Å²) in [5.41, 5.74) is 2.71. The Bertz CT molecular complexity index is 1020. The number of halogens is 1. The summed E-state index contributed by atoms with van der Waals surface area (Å²) in [5, 5.41) is 0. The summed E-state index contributed by atoms with van der Waals surface area (Å²) < 4.78 is 34.6. The molecular weight excluding hydrogens is 418 g/mol. The molecule has 150 valence electrons. The molecule has 2 fully saturated rings. The van der Waals surface area contributed by atoms with E-state index in [-0.39, 0.29) is 34.2 Å². The molecular formula is C20H22ClNO4S2. The first-order chi connectivity index (χ1) is 13.2. The molecule has 2 saturated carbocycles. The smallest absolute Gasteiger partial charge is 0.338 e. The zero-order valence-corrected chi connectivity index (χ0v) is 18.0. The molecule has 2 aliphatic carbocycles. The van der Waals surface area contributed by atoms with Crippen LogP contribution in [0.5, 0.6) is 0 Å². The van der Waals surface area contributed by atoms with Crippen LogP contribution in [-0.4, -0.2) is 26.5 Å². The quantitative estimate of drug-likeness (QED) is 0.704. The van der Waals surface area contributed by atoms with Crippen LogP contribution in [0.3, 0.4) is 0 Å². The molecule has 2 bridgehead atoms. The number of fused-ring (bicyclic) bond motifs is 2. The van der Waals surface area contributed by atoms with Gasteiger partial charge in [-0.1, -0.05) is 17.7 Å². The fraction of sp³-hybridized carbons (Fsp3) is 0.450. The maximum Gasteiger partial charge on any atom is 0.338 e. The average Bonchev–Trinajstić information content (AvgIpc) is 3.32. The van der Waals surface area contributed by atoms with Crippen LogP contribution in [0.2, 0.25) is 4.34 Å². The second-order valence-electron chi connectivity index (χ2n) is 7.69. The molecule has 0 aliphatic heterocycles. The van der Waals surface area contributed by atoms with Crippen molar-refractivity contribution in [2.75, 3.05) is 0 Å². The van der Waals surface area contributed by atoms with Crippen LogP contribution >= 0.6 is 22.9 Å². The third-order valence-corrected chi connectivity index (χ3v) is 9.14. The van der Waals surface area contributed by atoms with E-state index in [0.717, 1.165) is 35.3 Å². The Morgan fingerprint density at radius 1 is 1.18 bits per heavy atom. The maximum absolute atomic E-state index is 12.7. The molecule has 1 N–H and O–H groups in total. The zero-order chi connectivity index (χ0) is 20.1. The number of carbonyl (C=O) groups excluding carboxylic acids is 1. The van der Waals surface area contributed by atoms with E-state index in [1.165, 1.54) is 6.07 Å². The number of benzene rings is 1. The molecule has 0 amide bonds. The van der Waals surface area contributed by atoms with Crippen LogP contribution in [0.25, 0.3) is 0 Å². The molecule has 2 aliphatic rings. The second kappa shape index (κ2) is 7.44. The summed E-state index contributed by atoms with van der Waals surface area (Å²) in [6, 6.07) is 8.42. The normalized spacial score (nSPS) is 26.5. The first kappa shape index (κ1) is 19.9. The van der Waals surface area contributed by atoms with Gasteiger partial charge in [0.15, 0.2) is 0 Å². The van der Waals surface area contributed by atoms with Gasteiger partial charge in [-0.05, 0) is 74.4 Å². The number of aryl methyl sites for hydroxylation is 2. The molecule has 1 aromatic heterocycles. The van der Waals surface area contributed by atoms with E-state index in [2.05, 4.69) is 4.72 Å². The van der Waals surface area contributed by atoms with Gasteiger partial charge >= 0.3 is 5.97 Å². The SMILES string of the molecule is Cc1ccc(C(=O)OC2CC3CCC2C3NS(=O)(=O)c2ccc(Cl)s2)cc1C. The minimum Gasteiger partial charge on any atom is -0.458 e. The molecule has 28 heavy (non-hydrogen) atoms. The lowest BCUT2D eigenvalue weighted by Gasteiger charge is -2.23. The van der Waals surface area contributed by atoms with Crippen molar-refractivity contribution in [3.8, 4) is 0 Å². The van der Waals surface area contributed by atoms with Gasteiger partial charge in [0.05, 0.1) is 9.90 Å². The maximum atomic E-state index is 12.7. The number of carbonyl (C=O) groups is 1. The highest BCUT2D eigenvalue weighted by molar-refractivity contribution is 7.91. The third-order valence-electron chi connectivity index (χ3n) is 5.96. The van der Waals surface area contributed by atoms with E-state index in [4.69, 9.17) is 16.3 Å². The van der Waals surface area contributed by atoms with Crippen molar-refractivity contribution in [3.63, 3.8) is 0 Å². The number of nitrogens with one attached hydrogen (secondary N) is 1. The number of esters is 1. The highest BCUT2D eigenvalue weighted by Crippen LogP contribution is 2.47. The zero-order valence-electron chi connectivity index (χ0n) is 15.6. The Hall–Kier alpha value is -1.41. The average molecular weight is 440 g/mol. The van der Waals surface area contributed by atoms with Gasteiger partial charge in [-0.3, -0.25) is 0 Å². The van der Waals surface area contributed by atoms with Crippen molar-refractivity contribution in [3.05, 3.63) is 51.4 Å². The lowest BCUT2D eigenvalue weighted by Crippen LogP contribution is -2.39. The van der Waals surface area contributed by atoms with E-state index < -0.39 is 10.0 Å². The standard InChI is InChI=1S/C20H22ClNO4S2/c1-11-3-4-14(9-12(11)2)20(23)26-16-10-13-5-6-15(16)19(13)22-28(24,25)18-8-7-17(21)27-18/h3-4,7-9,13,15-16,19,22H,5-6,10H2,1-2H3. The van der Waals surface area contributed by atoms with Gasteiger partial charge in [-0.25, -0.2) is 17.9 Å². The fourth-order valence-corrected chi connectivity index (χ4v) is 7.20. The number of rotatable bonds is 5. The lowest BCUT2D eigenvalue weighted by molar-refractivity contribution is 0.0152. The molecule has 0 saturated heterocycles. The molecule has 4 rings (SSSR count). The van der Waals surface area contributed by atoms with Crippen molar-refractivity contribution in [1.82, 2.24) is 4.72 Å². The molecule has 4 unspecified atom stereocenters. The largest absolute Gasteiger partial charge is 0.458 e. The van der Waals surface area contributed by atoms with Gasteiger partial charge in [0.25, 0.3) is 0 Å². The van der Waals surface area contributed by atoms with Crippen LogP contribution in [0.4, 0.5) is 0 Å². The summed E-state index contributed by atoms with van der Waals surface area (Å²) in [5.74, 6) is -0.147. The molecule has 5 nitrogen and oxygen atoms in total. The number of ether oxygens (including phenoxy) is 1. The Morgan fingerprint density at radius 2 is 1.96 bits per heavy atom. The van der Waals surface area contributed by atoms with E-state index in [1.807, 2.05) is 26.0 Å². The summed E-state index contributed by atoms with van der Waals surface area (Å²) in [7, 11) is -3.62. The van der Waals surface area contributed by atoms with Gasteiger partial charge in [0.1, 0.15) is 10.3 Å². The summed E-state index contributed by atoms with van der Waals surface area (Å²) in [6.07, 6.45) is 2.24. The molecule has 0 spiro atoms. The molecule has 4 atom stereocenters. The Morgan fingerprint density at radius 3 is 2.64 bits per heavy atom. The number of sulfonamides is 1. The number of thiophene rings is 1. The molecule has 2 aromatic rings. The lowest BCUT2D eigenvalue weighted by atomic mass is 9.97. The molecule has 1 heterocycles. The highest BCUT2D eigenvalue weighted by atomic mass is 35.5. The van der Waals surface area contributed by atoms with Crippen LogP contribution in [0.15, 0.2) is 34.5 Å². The van der Waals surface area contributed by atoms with E-state index in [1.54, 1.807) is 12.1 Å². The van der Waals surface area contributed by atoms with Gasteiger partial charge < -0.3 is 4.74 Å². The number of hydrogen-bond donors (Lipinski definition) is 1. The van der Waals surface area contributed by atoms with Crippen molar-refractivity contribution >= 4 is 38.9 Å². The molecule has 8 heteroatoms. The Balaban J connectivity index is 1.46. The van der Waals surface area contributed by atoms with Gasteiger partial charge in [-0.15, -0.1) is 11.3 Å². The Labute approximate surface area is 174 Å². The Kier molecular flexibility index (Phi) is 5.29. The van der Waals surface area contributed by atoms with Gasteiger partial charge in [0.2, 0.25) is 10.0 Å². The second-order valence-corrected chi connectivity index (χ2v) is 11.3. The van der Waals surface area contributed by atoms with Crippen molar-refractivity contribution in [1.29, 1.82) is 0 Å². The first-order valence-electron chi connectivity index (χ1n) is 9.30. The summed E-state index contributed by atoms with van der Waals surface area (Å²) in [6.45, 7) is 3.96. The molecule has 1 aromatic carbocycles. The first-order valence-corrected chi connectivity index (χ1v) is 12.0. The van der Waals surface area contributed by atoms with Crippen molar-refractivity contribution < 1.29 is 17.9 Å². The minimum atomic E-state index is -3.62. The molecule has 0 radical (unpaired) electrons. The highest BCUT2D eigenvalue weighted by Gasteiger charge is 2.51. The fourth-order valence-electron chi connectivity index (χ4n) is 4.34. The van der Waals surface area contributed by atoms with E-state index in [0.29, 0.717) is 16.3 Å². The van der Waals surface area contributed by atoms with Crippen LogP contribution in [0, 0.1) is 25.7 Å². The minimum absolute atomic E-state index is 0.00528. The van der Waals surface area contributed by atoms with Crippen molar-refractivity contribution in [2.45, 2.75) is 49.5 Å². The van der Waals surface area contributed by atoms with Gasteiger partial charge in [0, 0.05) is 12.0 Å². The summed E-state index contributed by atoms with van der Waals surface area (Å²) >= 11 is 6.92. The number of hydrogen-bond acceptors (Lipinski definition) is 5.